The van der Waals surface area contributed by atoms with Gasteiger partial charge < -0.3 is 10.4 Å². The highest BCUT2D eigenvalue weighted by molar-refractivity contribution is 5.76. The number of aliphatic hydroxyl groups excluding tert-OH is 1. The number of rotatable bonds is 7. The molecule has 1 aliphatic rings. The molecule has 1 fully saturated rings. The number of nitrogens with zero attached hydrogens (tertiary/aromatic N) is 1. The largest absolute Gasteiger partial charge is 0.392 e. The van der Waals surface area contributed by atoms with E-state index in [1.807, 2.05) is 18.2 Å². The van der Waals surface area contributed by atoms with E-state index in [1.54, 1.807) is 0 Å². The molecule has 0 aromatic heterocycles. The molecule has 1 amide bonds. The summed E-state index contributed by atoms with van der Waals surface area (Å²) < 4.78 is 0. The molecule has 4 nitrogen and oxygen atoms in total. The fourth-order valence-corrected chi connectivity index (χ4v) is 3.01. The highest BCUT2D eigenvalue weighted by Crippen LogP contribution is 2.20. The van der Waals surface area contributed by atoms with Crippen LogP contribution in [0.5, 0.6) is 0 Å². The minimum atomic E-state index is -0.296. The second-order valence-corrected chi connectivity index (χ2v) is 7.19. The quantitative estimate of drug-likeness (QED) is 0.812. The zero-order valence-electron chi connectivity index (χ0n) is 14.5. The normalized spacial score (nSPS) is 23.2. The van der Waals surface area contributed by atoms with Crippen molar-refractivity contribution in [2.75, 3.05) is 13.1 Å². The fraction of sp³-hybridized carbons (Fsp3) is 0.632. The van der Waals surface area contributed by atoms with Crippen LogP contribution in [0.2, 0.25) is 0 Å². The maximum atomic E-state index is 12.1. The minimum absolute atomic E-state index is 0.118. The van der Waals surface area contributed by atoms with Crippen molar-refractivity contribution in [1.29, 1.82) is 0 Å². The number of carbonyl (C=O) groups excluding carboxylic acids is 1. The highest BCUT2D eigenvalue weighted by Gasteiger charge is 2.31. The third kappa shape index (κ3) is 5.63. The van der Waals surface area contributed by atoms with Crippen molar-refractivity contribution in [2.45, 2.75) is 52.3 Å². The second kappa shape index (κ2) is 8.46. The van der Waals surface area contributed by atoms with Gasteiger partial charge in [-0.15, -0.1) is 0 Å². The summed E-state index contributed by atoms with van der Waals surface area (Å²) in [6.45, 7) is 8.53. The standard InChI is InChI=1S/C19H30N2O2/c1-14(2)15(3)9-19(23)20-11-17-10-18(22)13-21(17)12-16-7-5-4-6-8-16/h4-8,14-15,17-18,22H,9-13H2,1-3H3,(H,20,23). The maximum absolute atomic E-state index is 12.1. The van der Waals surface area contributed by atoms with E-state index in [4.69, 9.17) is 0 Å². The summed E-state index contributed by atoms with van der Waals surface area (Å²) in [5, 5.41) is 13.0. The van der Waals surface area contributed by atoms with E-state index in [-0.39, 0.29) is 18.1 Å². The zero-order valence-corrected chi connectivity index (χ0v) is 14.5. The highest BCUT2D eigenvalue weighted by atomic mass is 16.3. The van der Waals surface area contributed by atoms with E-state index >= 15 is 0 Å². The number of carbonyl (C=O) groups is 1. The molecule has 128 valence electrons. The van der Waals surface area contributed by atoms with Gasteiger partial charge in [-0.25, -0.2) is 0 Å². The van der Waals surface area contributed by atoms with Crippen LogP contribution in [0.1, 0.15) is 39.2 Å². The van der Waals surface area contributed by atoms with Crippen molar-refractivity contribution in [3.05, 3.63) is 35.9 Å². The van der Waals surface area contributed by atoms with Crippen LogP contribution in [0.15, 0.2) is 30.3 Å². The van der Waals surface area contributed by atoms with Crippen molar-refractivity contribution in [3.8, 4) is 0 Å². The molecule has 0 radical (unpaired) electrons. The number of hydrogen-bond donors (Lipinski definition) is 2. The molecule has 0 saturated carbocycles. The molecule has 23 heavy (non-hydrogen) atoms. The average Bonchev–Trinajstić information content (AvgIpc) is 2.85. The van der Waals surface area contributed by atoms with E-state index in [2.05, 4.69) is 43.1 Å². The molecule has 2 rings (SSSR count). The van der Waals surface area contributed by atoms with Crippen molar-refractivity contribution in [2.24, 2.45) is 11.8 Å². The zero-order chi connectivity index (χ0) is 16.8. The molecule has 0 aliphatic carbocycles. The summed E-state index contributed by atoms with van der Waals surface area (Å²) >= 11 is 0. The summed E-state index contributed by atoms with van der Waals surface area (Å²) in [6.07, 6.45) is 1.01. The topological polar surface area (TPSA) is 52.6 Å². The summed E-state index contributed by atoms with van der Waals surface area (Å²) in [6, 6.07) is 10.5. The molecule has 1 aromatic carbocycles. The third-order valence-corrected chi connectivity index (χ3v) is 4.91. The van der Waals surface area contributed by atoms with E-state index < -0.39 is 0 Å². The van der Waals surface area contributed by atoms with Crippen molar-refractivity contribution >= 4 is 5.91 Å². The first-order valence-corrected chi connectivity index (χ1v) is 8.68. The second-order valence-electron chi connectivity index (χ2n) is 7.19. The Labute approximate surface area is 139 Å². The number of nitrogens with one attached hydrogen (secondary N) is 1. The van der Waals surface area contributed by atoms with Crippen LogP contribution in [-0.4, -0.2) is 41.1 Å². The van der Waals surface area contributed by atoms with Gasteiger partial charge in [0.05, 0.1) is 6.10 Å². The Balaban J connectivity index is 1.84. The average molecular weight is 318 g/mol. The summed E-state index contributed by atoms with van der Waals surface area (Å²) in [7, 11) is 0. The van der Waals surface area contributed by atoms with Crippen LogP contribution in [0.25, 0.3) is 0 Å². The lowest BCUT2D eigenvalue weighted by Gasteiger charge is -2.25. The molecule has 1 heterocycles. The summed E-state index contributed by atoms with van der Waals surface area (Å²) in [5.74, 6) is 1.03. The fourth-order valence-electron chi connectivity index (χ4n) is 3.01. The van der Waals surface area contributed by atoms with E-state index in [0.29, 0.717) is 31.3 Å². The SMILES string of the molecule is CC(C)C(C)CC(=O)NCC1CC(O)CN1Cc1ccccc1. The van der Waals surface area contributed by atoms with Crippen LogP contribution < -0.4 is 5.32 Å². The Morgan fingerprint density at radius 1 is 1.30 bits per heavy atom. The number of benzene rings is 1. The third-order valence-electron chi connectivity index (χ3n) is 4.91. The van der Waals surface area contributed by atoms with Gasteiger partial charge in [-0.3, -0.25) is 9.69 Å². The molecule has 1 saturated heterocycles. The Morgan fingerprint density at radius 3 is 2.65 bits per heavy atom. The Bertz CT molecular complexity index is 489. The summed E-state index contributed by atoms with van der Waals surface area (Å²) in [4.78, 5) is 14.3. The molecule has 0 bridgehead atoms. The number of aliphatic hydroxyl groups is 1. The Hall–Kier alpha value is -1.39. The van der Waals surface area contributed by atoms with Crippen LogP contribution in [0.4, 0.5) is 0 Å². The van der Waals surface area contributed by atoms with E-state index in [9.17, 15) is 9.90 Å². The van der Waals surface area contributed by atoms with Gasteiger partial charge in [0.2, 0.25) is 5.91 Å². The van der Waals surface area contributed by atoms with Crippen LogP contribution in [0.3, 0.4) is 0 Å². The van der Waals surface area contributed by atoms with Crippen LogP contribution in [0, 0.1) is 11.8 Å². The predicted molar refractivity (Wildman–Crippen MR) is 92.9 cm³/mol. The van der Waals surface area contributed by atoms with Gasteiger partial charge >= 0.3 is 0 Å². The Morgan fingerprint density at radius 2 is 2.00 bits per heavy atom. The number of likely N-dealkylation sites (tertiary alicyclic amines) is 1. The van der Waals surface area contributed by atoms with Gasteiger partial charge in [-0.2, -0.15) is 0 Å². The Kier molecular flexibility index (Phi) is 6.60. The lowest BCUT2D eigenvalue weighted by molar-refractivity contribution is -0.122. The van der Waals surface area contributed by atoms with E-state index in [1.165, 1.54) is 5.56 Å². The van der Waals surface area contributed by atoms with Gasteiger partial charge in [0.25, 0.3) is 0 Å². The molecule has 1 aromatic rings. The molecule has 2 N–H and O–H groups in total. The molecule has 3 unspecified atom stereocenters. The first-order valence-electron chi connectivity index (χ1n) is 8.68. The number of hydrogen-bond acceptors (Lipinski definition) is 3. The maximum Gasteiger partial charge on any atom is 0.220 e. The van der Waals surface area contributed by atoms with Crippen LogP contribution in [-0.2, 0) is 11.3 Å². The van der Waals surface area contributed by atoms with Crippen molar-refractivity contribution in [1.82, 2.24) is 10.2 Å². The smallest absolute Gasteiger partial charge is 0.220 e. The monoisotopic (exact) mass is 318 g/mol. The van der Waals surface area contributed by atoms with Crippen LogP contribution >= 0.6 is 0 Å². The first kappa shape index (κ1) is 18.0. The molecule has 0 spiro atoms. The molecular formula is C19H30N2O2. The van der Waals surface area contributed by atoms with Gasteiger partial charge in [0.1, 0.15) is 0 Å². The molecule has 3 atom stereocenters. The predicted octanol–water partition coefficient (Wildman–Crippen LogP) is 2.42. The minimum Gasteiger partial charge on any atom is -0.392 e. The molecule has 4 heteroatoms. The lowest BCUT2D eigenvalue weighted by atomic mass is 9.94. The van der Waals surface area contributed by atoms with Crippen molar-refractivity contribution < 1.29 is 9.90 Å². The number of amides is 1. The molecule has 1 aliphatic heterocycles. The summed E-state index contributed by atoms with van der Waals surface area (Å²) in [5.41, 5.74) is 1.24. The lowest BCUT2D eigenvalue weighted by Crippen LogP contribution is -2.40. The van der Waals surface area contributed by atoms with Gasteiger partial charge in [0.15, 0.2) is 0 Å². The van der Waals surface area contributed by atoms with E-state index in [0.717, 1.165) is 13.0 Å². The van der Waals surface area contributed by atoms with Gasteiger partial charge in [0, 0.05) is 32.1 Å². The van der Waals surface area contributed by atoms with Gasteiger partial charge in [-0.05, 0) is 23.8 Å². The van der Waals surface area contributed by atoms with Crippen molar-refractivity contribution in [3.63, 3.8) is 0 Å². The number of β-amino-alcohol motifs (C(OH)–C–C–N with tert-alkyl or cyclic N) is 1. The molecular weight excluding hydrogens is 288 g/mol. The first-order chi connectivity index (χ1) is 11.0. The van der Waals surface area contributed by atoms with Gasteiger partial charge in [-0.1, -0.05) is 51.1 Å².